The molecule has 0 amide bonds. The van der Waals surface area contributed by atoms with Gasteiger partial charge in [0.2, 0.25) is 5.89 Å². The zero-order chi connectivity index (χ0) is 18.9. The lowest BCUT2D eigenvalue weighted by Crippen LogP contribution is -2.41. The molecule has 0 saturated carbocycles. The summed E-state index contributed by atoms with van der Waals surface area (Å²) < 4.78 is 7.49. The minimum Gasteiger partial charge on any atom is -0.337 e. The van der Waals surface area contributed by atoms with Gasteiger partial charge in [0.25, 0.3) is 5.95 Å². The van der Waals surface area contributed by atoms with Crippen LogP contribution in [0.5, 0.6) is 0 Å². The molecule has 0 bridgehead atoms. The average Bonchev–Trinajstić information content (AvgIpc) is 3.48. The van der Waals surface area contributed by atoms with Crippen molar-refractivity contribution in [3.05, 3.63) is 35.9 Å². The molecule has 2 aliphatic heterocycles. The van der Waals surface area contributed by atoms with E-state index in [0.717, 1.165) is 54.8 Å². The maximum atomic E-state index is 5.67. The van der Waals surface area contributed by atoms with Crippen LogP contribution in [0.25, 0.3) is 16.9 Å². The van der Waals surface area contributed by atoms with E-state index in [9.17, 15) is 0 Å². The standard InChI is InChI=1S/C21H28N6O/c1-2-18-17-7-3-4-8-19(17)27(24-18)21-23-20(28-25-21)15-9-12-26(13-10-15)14-16-6-5-11-22-16/h3-4,7-8,15-16,22H,2,5-6,9-14H2,1H3. The van der Waals surface area contributed by atoms with E-state index in [4.69, 9.17) is 14.6 Å². The fourth-order valence-corrected chi connectivity index (χ4v) is 4.61. The van der Waals surface area contributed by atoms with E-state index >= 15 is 0 Å². The van der Waals surface area contributed by atoms with Crippen LogP contribution in [-0.2, 0) is 6.42 Å². The molecular formula is C21H28N6O. The molecule has 2 fully saturated rings. The molecule has 0 spiro atoms. The molecule has 1 unspecified atom stereocenters. The Kier molecular flexibility index (Phi) is 4.86. The normalized spacial score (nSPS) is 21.7. The van der Waals surface area contributed by atoms with Gasteiger partial charge in [-0.05, 0) is 63.0 Å². The molecule has 5 rings (SSSR count). The van der Waals surface area contributed by atoms with Crippen LogP contribution in [0.1, 0.15) is 50.1 Å². The van der Waals surface area contributed by atoms with Crippen LogP contribution in [0.3, 0.4) is 0 Å². The summed E-state index contributed by atoms with van der Waals surface area (Å²) in [5.74, 6) is 1.65. The van der Waals surface area contributed by atoms with Crippen LogP contribution < -0.4 is 5.32 Å². The van der Waals surface area contributed by atoms with E-state index in [1.165, 1.54) is 25.9 Å². The highest BCUT2D eigenvalue weighted by molar-refractivity contribution is 5.83. The number of likely N-dealkylation sites (tertiary alicyclic amines) is 1. The van der Waals surface area contributed by atoms with Crippen molar-refractivity contribution in [2.75, 3.05) is 26.2 Å². The van der Waals surface area contributed by atoms with Crippen molar-refractivity contribution in [3.63, 3.8) is 0 Å². The fourth-order valence-electron chi connectivity index (χ4n) is 4.61. The fraction of sp³-hybridized carbons (Fsp3) is 0.571. The lowest BCUT2D eigenvalue weighted by molar-refractivity contribution is 0.181. The summed E-state index contributed by atoms with van der Waals surface area (Å²) in [6.07, 6.45) is 5.66. The van der Waals surface area contributed by atoms with Crippen molar-refractivity contribution in [1.82, 2.24) is 30.1 Å². The third kappa shape index (κ3) is 3.33. The highest BCUT2D eigenvalue weighted by atomic mass is 16.5. The monoisotopic (exact) mass is 380 g/mol. The molecule has 2 aromatic heterocycles. The lowest BCUT2D eigenvalue weighted by Gasteiger charge is -2.32. The van der Waals surface area contributed by atoms with E-state index < -0.39 is 0 Å². The van der Waals surface area contributed by atoms with Gasteiger partial charge in [-0.25, -0.2) is 0 Å². The van der Waals surface area contributed by atoms with Gasteiger partial charge < -0.3 is 14.7 Å². The first kappa shape index (κ1) is 17.8. The maximum absolute atomic E-state index is 5.67. The van der Waals surface area contributed by atoms with Crippen LogP contribution in [-0.4, -0.2) is 57.0 Å². The largest absolute Gasteiger partial charge is 0.337 e. The van der Waals surface area contributed by atoms with Crippen molar-refractivity contribution in [3.8, 4) is 5.95 Å². The Labute approximate surface area is 165 Å². The number of fused-ring (bicyclic) bond motifs is 1. The second kappa shape index (κ2) is 7.64. The molecule has 7 heteroatoms. The zero-order valence-corrected chi connectivity index (χ0v) is 16.5. The number of para-hydroxylation sites is 1. The first-order chi connectivity index (χ1) is 13.8. The van der Waals surface area contributed by atoms with Gasteiger partial charge in [0.05, 0.1) is 11.2 Å². The number of hydrogen-bond donors (Lipinski definition) is 1. The summed E-state index contributed by atoms with van der Waals surface area (Å²) in [6, 6.07) is 8.91. The number of rotatable bonds is 5. The number of nitrogens with zero attached hydrogens (tertiary/aromatic N) is 5. The molecule has 0 radical (unpaired) electrons. The molecule has 7 nitrogen and oxygen atoms in total. The van der Waals surface area contributed by atoms with E-state index in [1.807, 2.05) is 16.8 Å². The van der Waals surface area contributed by atoms with Crippen molar-refractivity contribution >= 4 is 10.9 Å². The highest BCUT2D eigenvalue weighted by Gasteiger charge is 2.27. The maximum Gasteiger partial charge on any atom is 0.291 e. The van der Waals surface area contributed by atoms with Gasteiger partial charge in [0.1, 0.15) is 0 Å². The minimum atomic E-state index is 0.349. The summed E-state index contributed by atoms with van der Waals surface area (Å²) in [6.45, 7) is 6.67. The second-order valence-electron chi connectivity index (χ2n) is 8.03. The van der Waals surface area contributed by atoms with Crippen LogP contribution in [0.4, 0.5) is 0 Å². The number of nitrogens with one attached hydrogen (secondary N) is 1. The van der Waals surface area contributed by atoms with Crippen molar-refractivity contribution in [2.45, 2.75) is 51.0 Å². The zero-order valence-electron chi connectivity index (χ0n) is 16.5. The number of aromatic nitrogens is 4. The summed E-state index contributed by atoms with van der Waals surface area (Å²) in [5, 5.41) is 13.7. The van der Waals surface area contributed by atoms with Crippen LogP contribution in [0.2, 0.25) is 0 Å². The lowest BCUT2D eigenvalue weighted by atomic mass is 9.96. The summed E-state index contributed by atoms with van der Waals surface area (Å²) in [5.41, 5.74) is 2.10. The Bertz CT molecular complexity index is 933. The van der Waals surface area contributed by atoms with E-state index in [0.29, 0.717) is 17.9 Å². The second-order valence-corrected chi connectivity index (χ2v) is 8.03. The Hall–Kier alpha value is -2.25. The molecule has 4 heterocycles. The van der Waals surface area contributed by atoms with Gasteiger partial charge in [-0.3, -0.25) is 0 Å². The number of piperidine rings is 1. The van der Waals surface area contributed by atoms with Gasteiger partial charge in [0, 0.05) is 23.9 Å². The Morgan fingerprint density at radius 1 is 1.18 bits per heavy atom. The van der Waals surface area contributed by atoms with E-state index in [-0.39, 0.29) is 0 Å². The van der Waals surface area contributed by atoms with Gasteiger partial charge in [0.15, 0.2) is 0 Å². The van der Waals surface area contributed by atoms with Crippen LogP contribution >= 0.6 is 0 Å². The minimum absolute atomic E-state index is 0.349. The summed E-state index contributed by atoms with van der Waals surface area (Å²) in [4.78, 5) is 7.30. The van der Waals surface area contributed by atoms with E-state index in [2.05, 4.69) is 34.4 Å². The Morgan fingerprint density at radius 2 is 2.04 bits per heavy atom. The molecule has 1 aromatic carbocycles. The molecule has 3 aromatic rings. The predicted octanol–water partition coefficient (Wildman–Crippen LogP) is 2.90. The number of benzene rings is 1. The highest BCUT2D eigenvalue weighted by Crippen LogP contribution is 2.28. The molecule has 2 aliphatic rings. The molecule has 1 atom stereocenters. The van der Waals surface area contributed by atoms with Crippen molar-refractivity contribution < 1.29 is 4.52 Å². The Balaban J connectivity index is 1.29. The summed E-state index contributed by atoms with van der Waals surface area (Å²) in [7, 11) is 0. The SMILES string of the molecule is CCc1nn(-c2noc(C3CCN(CC4CCCN4)CC3)n2)c2ccccc12. The predicted molar refractivity (Wildman–Crippen MR) is 108 cm³/mol. The Morgan fingerprint density at radius 3 is 2.82 bits per heavy atom. The molecular weight excluding hydrogens is 352 g/mol. The average molecular weight is 380 g/mol. The molecule has 2 saturated heterocycles. The van der Waals surface area contributed by atoms with Gasteiger partial charge in [-0.2, -0.15) is 14.8 Å². The summed E-state index contributed by atoms with van der Waals surface area (Å²) >= 11 is 0. The van der Waals surface area contributed by atoms with Gasteiger partial charge in [-0.15, -0.1) is 0 Å². The molecule has 28 heavy (non-hydrogen) atoms. The van der Waals surface area contributed by atoms with E-state index in [1.54, 1.807) is 0 Å². The van der Waals surface area contributed by atoms with Crippen LogP contribution in [0.15, 0.2) is 28.8 Å². The van der Waals surface area contributed by atoms with Gasteiger partial charge in [-0.1, -0.05) is 25.1 Å². The first-order valence-electron chi connectivity index (χ1n) is 10.6. The molecule has 1 N–H and O–H groups in total. The van der Waals surface area contributed by atoms with Crippen molar-refractivity contribution in [2.24, 2.45) is 0 Å². The third-order valence-electron chi connectivity index (χ3n) is 6.20. The smallest absolute Gasteiger partial charge is 0.291 e. The van der Waals surface area contributed by atoms with Gasteiger partial charge >= 0.3 is 0 Å². The number of aryl methyl sites for hydroxylation is 1. The van der Waals surface area contributed by atoms with Crippen LogP contribution in [0, 0.1) is 0 Å². The number of hydrogen-bond acceptors (Lipinski definition) is 6. The topological polar surface area (TPSA) is 72.0 Å². The van der Waals surface area contributed by atoms with Crippen molar-refractivity contribution in [1.29, 1.82) is 0 Å². The molecule has 148 valence electrons. The first-order valence-corrected chi connectivity index (χ1v) is 10.6. The molecule has 0 aliphatic carbocycles. The third-order valence-corrected chi connectivity index (χ3v) is 6.20. The quantitative estimate of drug-likeness (QED) is 0.734.